The minimum absolute atomic E-state index is 0.323. The van der Waals surface area contributed by atoms with Gasteiger partial charge >= 0.3 is 0 Å². The fourth-order valence-corrected chi connectivity index (χ4v) is 2.33. The molecule has 0 radical (unpaired) electrons. The molecule has 2 N–H and O–H groups in total. The van der Waals surface area contributed by atoms with Crippen LogP contribution in [0.3, 0.4) is 0 Å². The molecule has 6 heteroatoms. The van der Waals surface area contributed by atoms with Crippen LogP contribution in [0.25, 0.3) is 0 Å². The molecular formula is C13H13BrN4S. The van der Waals surface area contributed by atoms with E-state index in [2.05, 4.69) is 32.2 Å². The van der Waals surface area contributed by atoms with Crippen molar-refractivity contribution in [1.82, 2.24) is 10.2 Å². The predicted molar refractivity (Wildman–Crippen MR) is 84.2 cm³/mol. The second-order valence-electron chi connectivity index (χ2n) is 4.08. The Morgan fingerprint density at radius 3 is 2.79 bits per heavy atom. The number of aromatic nitrogens is 2. The molecular weight excluding hydrogens is 324 g/mol. The van der Waals surface area contributed by atoms with Gasteiger partial charge in [-0.2, -0.15) is 5.10 Å². The lowest BCUT2D eigenvalue weighted by Gasteiger charge is -2.20. The lowest BCUT2D eigenvalue weighted by molar-refractivity contribution is 0.861. The standard InChI is InChI=1S/C13H13BrN4S/c1-18(8-9-4-2-3-5-11(9)14)13-10(12(15)19)6-7-16-17-13/h2-7H,8H2,1H3,(H2,15,19). The maximum absolute atomic E-state index is 5.70. The second-order valence-corrected chi connectivity index (χ2v) is 5.37. The molecule has 19 heavy (non-hydrogen) atoms. The van der Waals surface area contributed by atoms with Gasteiger partial charge in [0.2, 0.25) is 0 Å². The largest absolute Gasteiger partial charge is 0.389 e. The molecule has 0 aliphatic heterocycles. The second kappa shape index (κ2) is 6.08. The first kappa shape index (κ1) is 13.9. The molecule has 1 heterocycles. The van der Waals surface area contributed by atoms with Crippen molar-refractivity contribution in [2.45, 2.75) is 6.54 Å². The van der Waals surface area contributed by atoms with E-state index in [9.17, 15) is 0 Å². The van der Waals surface area contributed by atoms with Crippen molar-refractivity contribution >= 4 is 39.0 Å². The molecule has 4 nitrogen and oxygen atoms in total. The van der Waals surface area contributed by atoms with Crippen LogP contribution in [0.2, 0.25) is 0 Å². The Hall–Kier alpha value is -1.53. The monoisotopic (exact) mass is 336 g/mol. The topological polar surface area (TPSA) is 55.0 Å². The van der Waals surface area contributed by atoms with Gasteiger partial charge < -0.3 is 10.6 Å². The zero-order valence-corrected chi connectivity index (χ0v) is 12.8. The minimum atomic E-state index is 0.323. The molecule has 0 saturated heterocycles. The lowest BCUT2D eigenvalue weighted by atomic mass is 10.2. The molecule has 0 aliphatic carbocycles. The van der Waals surface area contributed by atoms with Crippen LogP contribution in [0.15, 0.2) is 41.0 Å². The Kier molecular flexibility index (Phi) is 4.44. The number of nitrogens with two attached hydrogens (primary N) is 1. The Balaban J connectivity index is 2.28. The average molecular weight is 337 g/mol. The fourth-order valence-electron chi connectivity index (χ4n) is 1.76. The van der Waals surface area contributed by atoms with E-state index in [4.69, 9.17) is 18.0 Å². The summed E-state index contributed by atoms with van der Waals surface area (Å²) >= 11 is 8.56. The Bertz CT molecular complexity index is 603. The molecule has 2 rings (SSSR count). The molecule has 2 aromatic rings. The van der Waals surface area contributed by atoms with Gasteiger partial charge in [-0.15, -0.1) is 5.10 Å². The zero-order chi connectivity index (χ0) is 13.8. The van der Waals surface area contributed by atoms with Gasteiger partial charge in [0.25, 0.3) is 0 Å². The van der Waals surface area contributed by atoms with E-state index in [0.29, 0.717) is 17.4 Å². The first-order valence-corrected chi connectivity index (χ1v) is 6.85. The van der Waals surface area contributed by atoms with Crippen molar-refractivity contribution in [2.24, 2.45) is 5.73 Å². The zero-order valence-electron chi connectivity index (χ0n) is 10.4. The van der Waals surface area contributed by atoms with E-state index in [-0.39, 0.29) is 0 Å². The highest BCUT2D eigenvalue weighted by molar-refractivity contribution is 9.10. The summed E-state index contributed by atoms with van der Waals surface area (Å²) in [7, 11) is 1.94. The molecule has 0 atom stereocenters. The number of nitrogens with zero attached hydrogens (tertiary/aromatic N) is 3. The van der Waals surface area contributed by atoms with Crippen LogP contribution in [0, 0.1) is 0 Å². The third kappa shape index (κ3) is 3.27. The molecule has 1 aromatic heterocycles. The van der Waals surface area contributed by atoms with Crippen LogP contribution in [0.5, 0.6) is 0 Å². The first-order chi connectivity index (χ1) is 9.09. The number of hydrogen-bond acceptors (Lipinski definition) is 4. The Morgan fingerprint density at radius 2 is 2.11 bits per heavy atom. The molecule has 0 spiro atoms. The van der Waals surface area contributed by atoms with Crippen LogP contribution in [0.4, 0.5) is 5.82 Å². The van der Waals surface area contributed by atoms with Crippen LogP contribution in [-0.4, -0.2) is 22.2 Å². The smallest absolute Gasteiger partial charge is 0.161 e. The Labute approximate surface area is 125 Å². The number of benzene rings is 1. The third-order valence-electron chi connectivity index (χ3n) is 2.69. The average Bonchev–Trinajstić information content (AvgIpc) is 2.41. The van der Waals surface area contributed by atoms with Gasteiger partial charge in [0.05, 0.1) is 11.8 Å². The molecule has 1 aromatic carbocycles. The van der Waals surface area contributed by atoms with Crippen LogP contribution < -0.4 is 10.6 Å². The molecule has 0 bridgehead atoms. The molecule has 0 fully saturated rings. The van der Waals surface area contributed by atoms with Crippen molar-refractivity contribution in [1.29, 1.82) is 0 Å². The lowest BCUT2D eigenvalue weighted by Crippen LogP contribution is -2.23. The summed E-state index contributed by atoms with van der Waals surface area (Å²) in [5.74, 6) is 0.686. The van der Waals surface area contributed by atoms with Crippen molar-refractivity contribution in [3.63, 3.8) is 0 Å². The summed E-state index contributed by atoms with van der Waals surface area (Å²) in [6.45, 7) is 0.690. The summed E-state index contributed by atoms with van der Waals surface area (Å²) in [6.07, 6.45) is 1.59. The molecule has 0 saturated carbocycles. The number of halogens is 1. The van der Waals surface area contributed by atoms with Crippen LogP contribution in [-0.2, 0) is 6.54 Å². The van der Waals surface area contributed by atoms with Gasteiger partial charge in [-0.25, -0.2) is 0 Å². The molecule has 0 unspecified atom stereocenters. The summed E-state index contributed by atoms with van der Waals surface area (Å²) in [5, 5.41) is 8.01. The molecule has 0 aliphatic rings. The van der Waals surface area contributed by atoms with Gasteiger partial charge in [-0.05, 0) is 17.7 Å². The SMILES string of the molecule is CN(Cc1ccccc1Br)c1nnccc1C(N)=S. The van der Waals surface area contributed by atoms with E-state index in [1.807, 2.05) is 30.1 Å². The number of thiocarbonyl (C=S) groups is 1. The molecule has 98 valence electrons. The van der Waals surface area contributed by atoms with Gasteiger partial charge in [-0.3, -0.25) is 0 Å². The summed E-state index contributed by atoms with van der Waals surface area (Å²) in [5.41, 5.74) is 7.60. The maximum atomic E-state index is 5.70. The number of anilines is 1. The summed E-state index contributed by atoms with van der Waals surface area (Å²) in [4.78, 5) is 2.30. The van der Waals surface area contributed by atoms with E-state index >= 15 is 0 Å². The van der Waals surface area contributed by atoms with Crippen molar-refractivity contribution in [3.8, 4) is 0 Å². The minimum Gasteiger partial charge on any atom is -0.389 e. The van der Waals surface area contributed by atoms with E-state index in [0.717, 1.165) is 15.6 Å². The first-order valence-electron chi connectivity index (χ1n) is 5.65. The highest BCUT2D eigenvalue weighted by Gasteiger charge is 2.12. The normalized spacial score (nSPS) is 10.2. The Morgan fingerprint density at radius 1 is 1.37 bits per heavy atom. The summed E-state index contributed by atoms with van der Waals surface area (Å²) < 4.78 is 1.06. The van der Waals surface area contributed by atoms with Crippen LogP contribution >= 0.6 is 28.1 Å². The third-order valence-corrected chi connectivity index (χ3v) is 3.69. The number of rotatable bonds is 4. The maximum Gasteiger partial charge on any atom is 0.161 e. The quantitative estimate of drug-likeness (QED) is 0.869. The van der Waals surface area contributed by atoms with Crippen molar-refractivity contribution < 1.29 is 0 Å². The van der Waals surface area contributed by atoms with E-state index < -0.39 is 0 Å². The van der Waals surface area contributed by atoms with Crippen molar-refractivity contribution in [3.05, 3.63) is 52.1 Å². The van der Waals surface area contributed by atoms with Gasteiger partial charge in [-0.1, -0.05) is 46.3 Å². The molecule has 0 amide bonds. The fraction of sp³-hybridized carbons (Fsp3) is 0.154. The van der Waals surface area contributed by atoms with E-state index in [1.54, 1.807) is 12.3 Å². The highest BCUT2D eigenvalue weighted by Crippen LogP contribution is 2.21. The number of hydrogen-bond donors (Lipinski definition) is 1. The van der Waals surface area contributed by atoms with Gasteiger partial charge in [0, 0.05) is 18.1 Å². The van der Waals surface area contributed by atoms with Crippen molar-refractivity contribution in [2.75, 3.05) is 11.9 Å². The highest BCUT2D eigenvalue weighted by atomic mass is 79.9. The van der Waals surface area contributed by atoms with E-state index in [1.165, 1.54) is 0 Å². The summed E-state index contributed by atoms with van der Waals surface area (Å²) in [6, 6.07) is 9.82. The van der Waals surface area contributed by atoms with Gasteiger partial charge in [0.1, 0.15) is 4.99 Å². The van der Waals surface area contributed by atoms with Gasteiger partial charge in [0.15, 0.2) is 5.82 Å². The predicted octanol–water partition coefficient (Wildman–Crippen LogP) is 2.51. The van der Waals surface area contributed by atoms with Crippen LogP contribution in [0.1, 0.15) is 11.1 Å².